The number of benzene rings is 1. The van der Waals surface area contributed by atoms with E-state index in [9.17, 15) is 9.59 Å². The van der Waals surface area contributed by atoms with E-state index in [1.54, 1.807) is 13.3 Å². The number of carbonyl (C=O) groups excluding carboxylic acids is 2. The number of amides is 3. The van der Waals surface area contributed by atoms with Gasteiger partial charge in [-0.05, 0) is 49.2 Å². The van der Waals surface area contributed by atoms with Crippen molar-refractivity contribution in [3.63, 3.8) is 0 Å². The van der Waals surface area contributed by atoms with Gasteiger partial charge >= 0.3 is 6.03 Å². The average molecular weight is 341 g/mol. The van der Waals surface area contributed by atoms with Gasteiger partial charge in [0.1, 0.15) is 11.3 Å². The fourth-order valence-corrected chi connectivity index (χ4v) is 3.34. The molecule has 1 aromatic carbocycles. The van der Waals surface area contributed by atoms with Gasteiger partial charge in [0.2, 0.25) is 5.91 Å². The van der Waals surface area contributed by atoms with Crippen molar-refractivity contribution in [3.8, 4) is 11.3 Å². The van der Waals surface area contributed by atoms with Crippen molar-refractivity contribution < 1.29 is 14.0 Å². The zero-order chi connectivity index (χ0) is 17.7. The number of nitrogens with one attached hydrogen (secondary N) is 3. The first-order valence-electron chi connectivity index (χ1n) is 8.58. The molecule has 2 aromatic rings. The molecule has 0 saturated heterocycles. The number of hydrogen-bond acceptors (Lipinski definition) is 3. The van der Waals surface area contributed by atoms with Gasteiger partial charge in [0.05, 0.1) is 6.26 Å². The highest BCUT2D eigenvalue weighted by molar-refractivity contribution is 5.96. The zero-order valence-corrected chi connectivity index (χ0v) is 14.3. The molecule has 0 bridgehead atoms. The van der Waals surface area contributed by atoms with Crippen LogP contribution in [0.3, 0.4) is 0 Å². The third-order valence-corrected chi connectivity index (χ3v) is 4.67. The summed E-state index contributed by atoms with van der Waals surface area (Å²) in [5, 5.41) is 8.37. The molecule has 0 aliphatic heterocycles. The number of furan rings is 1. The molecule has 0 atom stereocenters. The minimum Gasteiger partial charge on any atom is -0.464 e. The Morgan fingerprint density at radius 3 is 2.36 bits per heavy atom. The Morgan fingerprint density at radius 1 is 1.04 bits per heavy atom. The summed E-state index contributed by atoms with van der Waals surface area (Å²) < 4.78 is 5.35. The molecule has 1 aliphatic rings. The van der Waals surface area contributed by atoms with Gasteiger partial charge in [-0.2, -0.15) is 0 Å². The molecule has 3 N–H and O–H groups in total. The molecule has 1 aromatic heterocycles. The van der Waals surface area contributed by atoms with Crippen LogP contribution >= 0.6 is 0 Å². The molecule has 1 fully saturated rings. The number of hydrogen-bond donors (Lipinski definition) is 3. The maximum absolute atomic E-state index is 12.4. The quantitative estimate of drug-likeness (QED) is 0.795. The third-order valence-electron chi connectivity index (χ3n) is 4.67. The van der Waals surface area contributed by atoms with Crippen LogP contribution in [0.15, 0.2) is 47.1 Å². The van der Waals surface area contributed by atoms with Gasteiger partial charge in [-0.1, -0.05) is 19.3 Å². The first kappa shape index (κ1) is 17.1. The minimum absolute atomic E-state index is 0.129. The molecule has 6 nitrogen and oxygen atoms in total. The van der Waals surface area contributed by atoms with E-state index < -0.39 is 5.54 Å². The molecular weight excluding hydrogens is 318 g/mol. The highest BCUT2D eigenvalue weighted by Crippen LogP contribution is 2.29. The molecule has 1 aliphatic carbocycles. The van der Waals surface area contributed by atoms with E-state index in [-0.39, 0.29) is 11.9 Å². The number of carbonyl (C=O) groups is 2. The summed E-state index contributed by atoms with van der Waals surface area (Å²) in [4.78, 5) is 24.7. The lowest BCUT2D eigenvalue weighted by Gasteiger charge is -2.36. The van der Waals surface area contributed by atoms with Crippen LogP contribution in [0.5, 0.6) is 0 Å². The van der Waals surface area contributed by atoms with E-state index in [1.165, 1.54) is 0 Å². The van der Waals surface area contributed by atoms with Crippen molar-refractivity contribution in [2.75, 3.05) is 12.4 Å². The van der Waals surface area contributed by atoms with Gasteiger partial charge in [0.15, 0.2) is 0 Å². The summed E-state index contributed by atoms with van der Waals surface area (Å²) in [7, 11) is 1.60. The SMILES string of the molecule is CNC(=O)C1(NC(=O)Nc2ccc(-c3ccco3)cc2)CCCCC1. The van der Waals surface area contributed by atoms with Gasteiger partial charge in [-0.3, -0.25) is 4.79 Å². The predicted octanol–water partition coefficient (Wildman–Crippen LogP) is 3.52. The summed E-state index contributed by atoms with van der Waals surface area (Å²) in [5.41, 5.74) is 0.784. The molecule has 1 heterocycles. The lowest BCUT2D eigenvalue weighted by Crippen LogP contribution is -2.60. The lowest BCUT2D eigenvalue weighted by atomic mass is 9.81. The number of anilines is 1. The van der Waals surface area contributed by atoms with E-state index in [0.29, 0.717) is 18.5 Å². The summed E-state index contributed by atoms with van der Waals surface area (Å²) in [5.74, 6) is 0.646. The highest BCUT2D eigenvalue weighted by Gasteiger charge is 2.40. The number of urea groups is 1. The van der Waals surface area contributed by atoms with Crippen LogP contribution in [0.25, 0.3) is 11.3 Å². The van der Waals surface area contributed by atoms with Crippen LogP contribution in [0.1, 0.15) is 32.1 Å². The highest BCUT2D eigenvalue weighted by atomic mass is 16.3. The van der Waals surface area contributed by atoms with Crippen LogP contribution in [0.4, 0.5) is 10.5 Å². The summed E-state index contributed by atoms with van der Waals surface area (Å²) in [6.07, 6.45) is 5.92. The van der Waals surface area contributed by atoms with Crippen molar-refractivity contribution >= 4 is 17.6 Å². The molecule has 6 heteroatoms. The number of likely N-dealkylation sites (N-methyl/N-ethyl adjacent to an activating group) is 1. The maximum atomic E-state index is 12.4. The molecule has 0 unspecified atom stereocenters. The largest absolute Gasteiger partial charge is 0.464 e. The van der Waals surface area contributed by atoms with Crippen molar-refractivity contribution in [1.82, 2.24) is 10.6 Å². The minimum atomic E-state index is -0.814. The Hall–Kier alpha value is -2.76. The second-order valence-electron chi connectivity index (χ2n) is 6.36. The summed E-state index contributed by atoms with van der Waals surface area (Å²) in [6.45, 7) is 0. The molecular formula is C19H23N3O3. The normalized spacial score (nSPS) is 16.0. The Morgan fingerprint density at radius 2 is 1.76 bits per heavy atom. The van der Waals surface area contributed by atoms with Crippen molar-refractivity contribution in [2.24, 2.45) is 0 Å². The zero-order valence-electron chi connectivity index (χ0n) is 14.3. The number of rotatable bonds is 4. The average Bonchev–Trinajstić information content (AvgIpc) is 3.17. The topological polar surface area (TPSA) is 83.4 Å². The second-order valence-corrected chi connectivity index (χ2v) is 6.36. The summed E-state index contributed by atoms with van der Waals surface area (Å²) in [6, 6.07) is 10.7. The van der Waals surface area contributed by atoms with Gasteiger partial charge in [0.25, 0.3) is 0 Å². The fraction of sp³-hybridized carbons (Fsp3) is 0.368. The van der Waals surface area contributed by atoms with Crippen LogP contribution in [-0.4, -0.2) is 24.5 Å². The second kappa shape index (κ2) is 7.42. The molecule has 132 valence electrons. The maximum Gasteiger partial charge on any atom is 0.320 e. The fourth-order valence-electron chi connectivity index (χ4n) is 3.34. The van der Waals surface area contributed by atoms with Crippen LogP contribution in [0.2, 0.25) is 0 Å². The summed E-state index contributed by atoms with van der Waals surface area (Å²) >= 11 is 0. The molecule has 3 amide bonds. The first-order valence-corrected chi connectivity index (χ1v) is 8.58. The Labute approximate surface area is 147 Å². The van der Waals surface area contributed by atoms with E-state index in [2.05, 4.69) is 16.0 Å². The van der Waals surface area contributed by atoms with Gasteiger partial charge < -0.3 is 20.4 Å². The van der Waals surface area contributed by atoms with Gasteiger partial charge in [-0.15, -0.1) is 0 Å². The standard InChI is InChI=1S/C19H23N3O3/c1-20-17(23)19(11-3-2-4-12-19)22-18(24)21-15-9-7-14(8-10-15)16-6-5-13-25-16/h5-10,13H,2-4,11-12H2,1H3,(H,20,23)(H2,21,22,24). The Bertz CT molecular complexity index is 717. The van der Waals surface area contributed by atoms with Gasteiger partial charge in [-0.25, -0.2) is 4.79 Å². The molecule has 0 spiro atoms. The lowest BCUT2D eigenvalue weighted by molar-refractivity contribution is -0.128. The Kier molecular flexibility index (Phi) is 5.07. The monoisotopic (exact) mass is 341 g/mol. The molecule has 3 rings (SSSR count). The van der Waals surface area contributed by atoms with Crippen molar-refractivity contribution in [2.45, 2.75) is 37.6 Å². The molecule has 0 radical (unpaired) electrons. The third kappa shape index (κ3) is 3.84. The predicted molar refractivity (Wildman–Crippen MR) is 96.2 cm³/mol. The molecule has 1 saturated carbocycles. The smallest absolute Gasteiger partial charge is 0.320 e. The van der Waals surface area contributed by atoms with Crippen molar-refractivity contribution in [1.29, 1.82) is 0 Å². The van der Waals surface area contributed by atoms with Crippen molar-refractivity contribution in [3.05, 3.63) is 42.7 Å². The van der Waals surface area contributed by atoms with Crippen LogP contribution in [0, 0.1) is 0 Å². The van der Waals surface area contributed by atoms with Crippen LogP contribution in [-0.2, 0) is 4.79 Å². The van der Waals surface area contributed by atoms with E-state index in [1.807, 2.05) is 36.4 Å². The first-order chi connectivity index (χ1) is 12.1. The van der Waals surface area contributed by atoms with E-state index in [0.717, 1.165) is 30.6 Å². The van der Waals surface area contributed by atoms with Gasteiger partial charge in [0, 0.05) is 18.3 Å². The molecule has 25 heavy (non-hydrogen) atoms. The van der Waals surface area contributed by atoms with E-state index >= 15 is 0 Å². The van der Waals surface area contributed by atoms with E-state index in [4.69, 9.17) is 4.42 Å². The van der Waals surface area contributed by atoms with Crippen LogP contribution < -0.4 is 16.0 Å². The Balaban J connectivity index is 1.66.